The fraction of sp³-hybridized carbons (Fsp3) is 0.385. The van der Waals surface area contributed by atoms with Crippen LogP contribution < -0.4 is 10.2 Å². The smallest absolute Gasteiger partial charge is 0.408 e. The molecule has 1 fully saturated rings. The zero-order valence-corrected chi connectivity index (χ0v) is 23.0. The van der Waals surface area contributed by atoms with Gasteiger partial charge in [-0.1, -0.05) is 28.9 Å². The number of hydrogen-bond donors (Lipinski definition) is 1. The van der Waals surface area contributed by atoms with Crippen molar-refractivity contribution >= 4 is 39.1 Å². The highest BCUT2D eigenvalue weighted by Crippen LogP contribution is 2.41. The van der Waals surface area contributed by atoms with Gasteiger partial charge in [0.1, 0.15) is 17.5 Å². The van der Waals surface area contributed by atoms with Gasteiger partial charge < -0.3 is 19.5 Å². The summed E-state index contributed by atoms with van der Waals surface area (Å²) in [5, 5.41) is 6.76. The average Bonchev–Trinajstić information content (AvgIpc) is 3.59. The largest absolute Gasteiger partial charge is 0.444 e. The molecule has 5 rings (SSSR count). The average molecular weight is 577 g/mol. The molecule has 206 valence electrons. The zero-order chi connectivity index (χ0) is 28.1. The van der Waals surface area contributed by atoms with Gasteiger partial charge in [0.2, 0.25) is 0 Å². The van der Waals surface area contributed by atoms with Crippen molar-refractivity contribution in [2.75, 3.05) is 10.7 Å². The maximum atomic E-state index is 15.4. The van der Waals surface area contributed by atoms with Crippen LogP contribution in [0.25, 0.3) is 11.5 Å². The first-order valence-corrected chi connectivity index (χ1v) is 14.3. The molecule has 2 aliphatic rings. The van der Waals surface area contributed by atoms with E-state index in [4.69, 9.17) is 20.9 Å². The highest BCUT2D eigenvalue weighted by atomic mass is 35.5. The second kappa shape index (κ2) is 9.91. The number of amides is 2. The monoisotopic (exact) mass is 576 g/mol. The first kappa shape index (κ1) is 27.1. The summed E-state index contributed by atoms with van der Waals surface area (Å²) < 4.78 is 52.8. The number of hydrogen-bond acceptors (Lipinski definition) is 8. The van der Waals surface area contributed by atoms with Gasteiger partial charge in [0.15, 0.2) is 15.7 Å². The van der Waals surface area contributed by atoms with E-state index in [9.17, 15) is 18.0 Å². The number of fused-ring (bicyclic) bond motifs is 1. The molecule has 39 heavy (non-hydrogen) atoms. The number of aromatic nitrogens is 2. The van der Waals surface area contributed by atoms with Crippen LogP contribution in [0.5, 0.6) is 0 Å². The number of ether oxygens (including phenoxy) is 1. The molecule has 0 radical (unpaired) electrons. The molecule has 0 bridgehead atoms. The molecule has 2 heterocycles. The van der Waals surface area contributed by atoms with Gasteiger partial charge in [0, 0.05) is 10.9 Å². The van der Waals surface area contributed by atoms with Gasteiger partial charge in [-0.25, -0.2) is 17.6 Å². The number of benzene rings is 2. The summed E-state index contributed by atoms with van der Waals surface area (Å²) in [5.41, 5.74) is -0.486. The van der Waals surface area contributed by atoms with Crippen molar-refractivity contribution in [3.8, 4) is 11.5 Å². The van der Waals surface area contributed by atoms with Crippen molar-refractivity contribution in [3.05, 3.63) is 58.6 Å². The van der Waals surface area contributed by atoms with Crippen LogP contribution in [-0.2, 0) is 25.9 Å². The van der Waals surface area contributed by atoms with E-state index in [0.29, 0.717) is 16.4 Å². The summed E-state index contributed by atoms with van der Waals surface area (Å²) in [6.45, 7) is 4.82. The Balaban J connectivity index is 1.60. The van der Waals surface area contributed by atoms with Gasteiger partial charge in [-0.3, -0.25) is 4.79 Å². The molecular formula is C26H26ClFN4O6S. The van der Waals surface area contributed by atoms with Crippen molar-refractivity contribution in [3.63, 3.8) is 0 Å². The van der Waals surface area contributed by atoms with Crippen LogP contribution in [0.15, 0.2) is 45.8 Å². The summed E-state index contributed by atoms with van der Waals surface area (Å²) in [4.78, 5) is 31.4. The van der Waals surface area contributed by atoms with Crippen LogP contribution >= 0.6 is 11.6 Å². The number of rotatable bonds is 5. The summed E-state index contributed by atoms with van der Waals surface area (Å²) in [6, 6.07) is 7.17. The quantitative estimate of drug-likeness (QED) is 0.465. The Morgan fingerprint density at radius 2 is 1.92 bits per heavy atom. The van der Waals surface area contributed by atoms with Crippen LogP contribution in [0.1, 0.15) is 50.9 Å². The minimum absolute atomic E-state index is 0.0778. The van der Waals surface area contributed by atoms with Crippen molar-refractivity contribution in [2.24, 2.45) is 0 Å². The lowest BCUT2D eigenvalue weighted by Crippen LogP contribution is -2.51. The van der Waals surface area contributed by atoms with E-state index in [2.05, 4.69) is 15.5 Å². The summed E-state index contributed by atoms with van der Waals surface area (Å²) in [5.74, 6) is -1.95. The van der Waals surface area contributed by atoms with E-state index in [-0.39, 0.29) is 29.6 Å². The molecule has 0 saturated heterocycles. The van der Waals surface area contributed by atoms with Gasteiger partial charge >= 0.3 is 6.09 Å². The molecule has 1 aliphatic carbocycles. The van der Waals surface area contributed by atoms with E-state index in [1.54, 1.807) is 45.0 Å². The number of carbonyl (C=O) groups excluding carboxylic acids is 2. The Hall–Kier alpha value is -3.51. The SMILES string of the molecule is CC(C)(C)OC(=O)N[C@H]1CS(=O)(=O)c2cc(F)c(-c3nc(C4CC4)no3)cc2N(Cc2ccc(Cl)cc2)C1=O. The number of anilines is 1. The molecule has 0 spiro atoms. The lowest BCUT2D eigenvalue weighted by Gasteiger charge is -2.27. The van der Waals surface area contributed by atoms with Gasteiger partial charge in [-0.05, 0) is 63.4 Å². The number of nitrogens with one attached hydrogen (secondary N) is 1. The molecule has 13 heteroatoms. The first-order chi connectivity index (χ1) is 18.3. The molecular weight excluding hydrogens is 551 g/mol. The number of carbonyl (C=O) groups is 2. The van der Waals surface area contributed by atoms with Gasteiger partial charge in [0.05, 0.1) is 28.4 Å². The number of alkyl carbamates (subject to hydrolysis) is 1. The number of nitrogens with zero attached hydrogens (tertiary/aromatic N) is 3. The van der Waals surface area contributed by atoms with Crippen molar-refractivity contribution < 1.29 is 31.7 Å². The fourth-order valence-electron chi connectivity index (χ4n) is 4.20. The Labute approximate surface area is 229 Å². The van der Waals surface area contributed by atoms with Gasteiger partial charge in [-0.2, -0.15) is 4.98 Å². The molecule has 1 aromatic heterocycles. The van der Waals surface area contributed by atoms with E-state index in [1.807, 2.05) is 0 Å². The van der Waals surface area contributed by atoms with Crippen LogP contribution in [0.4, 0.5) is 14.9 Å². The normalized spacial score (nSPS) is 18.8. The topological polar surface area (TPSA) is 132 Å². The van der Waals surface area contributed by atoms with Crippen LogP contribution in [0.2, 0.25) is 5.02 Å². The lowest BCUT2D eigenvalue weighted by atomic mass is 10.1. The minimum atomic E-state index is -4.26. The molecule has 1 saturated carbocycles. The molecule has 3 aromatic rings. The van der Waals surface area contributed by atoms with Crippen LogP contribution in [0.3, 0.4) is 0 Å². The molecule has 1 N–H and O–H groups in total. The first-order valence-electron chi connectivity index (χ1n) is 12.3. The predicted molar refractivity (Wildman–Crippen MR) is 140 cm³/mol. The van der Waals surface area contributed by atoms with E-state index < -0.39 is 49.9 Å². The minimum Gasteiger partial charge on any atom is -0.444 e. The molecule has 1 atom stereocenters. The van der Waals surface area contributed by atoms with E-state index >= 15 is 4.39 Å². The number of sulfone groups is 1. The van der Waals surface area contributed by atoms with Crippen molar-refractivity contribution in [1.82, 2.24) is 15.5 Å². The van der Waals surface area contributed by atoms with Gasteiger partial charge in [-0.15, -0.1) is 0 Å². The molecule has 1 aliphatic heterocycles. The molecule has 2 aromatic carbocycles. The second-order valence-corrected chi connectivity index (χ2v) is 13.0. The van der Waals surface area contributed by atoms with Gasteiger partial charge in [0.25, 0.3) is 11.8 Å². The highest BCUT2D eigenvalue weighted by Gasteiger charge is 2.40. The van der Waals surface area contributed by atoms with Crippen molar-refractivity contribution in [2.45, 2.75) is 62.6 Å². The summed E-state index contributed by atoms with van der Waals surface area (Å²) in [7, 11) is -4.26. The van der Waals surface area contributed by atoms with E-state index in [0.717, 1.165) is 18.9 Å². The molecule has 2 amide bonds. The summed E-state index contributed by atoms with van der Waals surface area (Å²) >= 11 is 6.01. The predicted octanol–water partition coefficient (Wildman–Crippen LogP) is 4.62. The summed E-state index contributed by atoms with van der Waals surface area (Å²) in [6.07, 6.45) is 0.845. The van der Waals surface area contributed by atoms with Crippen LogP contribution in [0, 0.1) is 5.82 Å². The Bertz CT molecular complexity index is 1550. The van der Waals surface area contributed by atoms with E-state index in [1.165, 1.54) is 11.0 Å². The fourth-order valence-corrected chi connectivity index (χ4v) is 5.94. The van der Waals surface area contributed by atoms with Crippen LogP contribution in [-0.4, -0.2) is 48.0 Å². The third kappa shape index (κ3) is 5.91. The Morgan fingerprint density at radius 3 is 2.56 bits per heavy atom. The maximum absolute atomic E-state index is 15.4. The maximum Gasteiger partial charge on any atom is 0.408 e. The highest BCUT2D eigenvalue weighted by molar-refractivity contribution is 7.91. The zero-order valence-electron chi connectivity index (χ0n) is 21.4. The van der Waals surface area contributed by atoms with Crippen molar-refractivity contribution in [1.29, 1.82) is 0 Å². The number of halogens is 2. The third-order valence-electron chi connectivity index (χ3n) is 6.18. The molecule has 10 nitrogen and oxygen atoms in total. The second-order valence-electron chi connectivity index (χ2n) is 10.6. The standard InChI is InChI=1S/C26H26ClFN4O6S/c1-26(2,3)37-25(34)29-19-13-39(35,36)21-11-18(28)17(23-30-22(31-38-23)15-6-7-15)10-20(21)32(24(19)33)12-14-4-8-16(27)9-5-14/h4-5,8-11,15,19H,6-7,12-13H2,1-3H3,(H,29,34)/t19-/m0/s1. The molecule has 0 unspecified atom stereocenters. The third-order valence-corrected chi connectivity index (χ3v) is 8.21. The Morgan fingerprint density at radius 1 is 1.23 bits per heavy atom. The lowest BCUT2D eigenvalue weighted by molar-refractivity contribution is -0.120. The Kier molecular flexibility index (Phi) is 6.88.